The first-order chi connectivity index (χ1) is 14.6. The van der Waals surface area contributed by atoms with Crippen LogP contribution in [-0.2, 0) is 26.9 Å². The quantitative estimate of drug-likeness (QED) is 0.463. The van der Waals surface area contributed by atoms with E-state index in [2.05, 4.69) is 63.9 Å². The van der Waals surface area contributed by atoms with Crippen LogP contribution in [-0.4, -0.2) is 31.1 Å². The van der Waals surface area contributed by atoms with E-state index in [1.165, 1.54) is 41.2 Å². The zero-order valence-electron chi connectivity index (χ0n) is 19.7. The van der Waals surface area contributed by atoms with Gasteiger partial charge in [-0.1, -0.05) is 45.9 Å². The van der Waals surface area contributed by atoms with Crippen LogP contribution in [0.4, 0.5) is 0 Å². The number of carbonyl (C=O) groups is 1. The van der Waals surface area contributed by atoms with Crippen LogP contribution in [0.25, 0.3) is 6.08 Å². The molecule has 31 heavy (non-hydrogen) atoms. The molecule has 0 radical (unpaired) electrons. The summed E-state index contributed by atoms with van der Waals surface area (Å²) in [6.45, 7) is 13.4. The summed E-state index contributed by atoms with van der Waals surface area (Å²) < 4.78 is 11.1. The summed E-state index contributed by atoms with van der Waals surface area (Å²) in [4.78, 5) is 14.0. The number of esters is 1. The number of hydrogen-bond acceptors (Lipinski definition) is 4. The van der Waals surface area contributed by atoms with Crippen LogP contribution in [0, 0.1) is 0 Å². The molecule has 0 fully saturated rings. The molecule has 4 heteroatoms. The number of likely N-dealkylation sites (N-methyl/N-ethyl adjacent to an activating group) is 1. The number of fused-ring (bicyclic) bond motifs is 2. The maximum atomic E-state index is 11.7. The molecule has 1 aromatic carbocycles. The molecule has 1 unspecified atom stereocenters. The molecular formula is C27H35NO3. The van der Waals surface area contributed by atoms with E-state index in [9.17, 15) is 4.79 Å². The van der Waals surface area contributed by atoms with Crippen molar-refractivity contribution in [2.75, 3.05) is 20.2 Å². The fourth-order valence-electron chi connectivity index (χ4n) is 5.13. The average molecular weight is 422 g/mol. The van der Waals surface area contributed by atoms with E-state index < -0.39 is 0 Å². The van der Waals surface area contributed by atoms with Crippen LogP contribution in [0.2, 0.25) is 0 Å². The molecule has 0 saturated carbocycles. The van der Waals surface area contributed by atoms with E-state index >= 15 is 0 Å². The highest BCUT2D eigenvalue weighted by molar-refractivity contribution is 5.86. The molecule has 1 aliphatic heterocycles. The molecule has 0 bridgehead atoms. The Hall–Kier alpha value is -2.33. The Kier molecular flexibility index (Phi) is 5.63. The van der Waals surface area contributed by atoms with Crippen molar-refractivity contribution in [2.45, 2.75) is 70.8 Å². The van der Waals surface area contributed by atoms with Gasteiger partial charge in [0.1, 0.15) is 11.5 Å². The highest BCUT2D eigenvalue weighted by atomic mass is 16.5. The van der Waals surface area contributed by atoms with Gasteiger partial charge in [-0.3, -0.25) is 4.90 Å². The molecule has 1 atom stereocenters. The number of hydrogen-bond donors (Lipinski definition) is 0. The lowest BCUT2D eigenvalue weighted by molar-refractivity contribution is -0.137. The van der Waals surface area contributed by atoms with Crippen molar-refractivity contribution in [1.82, 2.24) is 4.90 Å². The molecule has 1 aromatic heterocycles. The van der Waals surface area contributed by atoms with Crippen molar-refractivity contribution in [3.63, 3.8) is 0 Å². The number of carbonyl (C=O) groups excluding carboxylic acids is 1. The van der Waals surface area contributed by atoms with Crippen molar-refractivity contribution >= 4 is 12.0 Å². The predicted molar refractivity (Wildman–Crippen MR) is 124 cm³/mol. The minimum absolute atomic E-state index is 0.189. The third-order valence-electron chi connectivity index (χ3n) is 7.09. The Labute approximate surface area is 186 Å². The highest BCUT2D eigenvalue weighted by Crippen LogP contribution is 2.47. The van der Waals surface area contributed by atoms with Crippen molar-refractivity contribution in [1.29, 1.82) is 0 Å². The summed E-state index contributed by atoms with van der Waals surface area (Å²) in [5, 5.41) is 0. The molecule has 2 heterocycles. The normalized spacial score (nSPS) is 22.2. The molecule has 1 aliphatic carbocycles. The smallest absolute Gasteiger partial charge is 0.330 e. The van der Waals surface area contributed by atoms with Crippen LogP contribution in [0.15, 0.2) is 34.8 Å². The molecule has 0 amide bonds. The van der Waals surface area contributed by atoms with E-state index in [-0.39, 0.29) is 22.7 Å². The summed E-state index contributed by atoms with van der Waals surface area (Å²) in [6.07, 6.45) is 5.59. The summed E-state index contributed by atoms with van der Waals surface area (Å²) in [5.41, 5.74) is 5.96. The first kappa shape index (κ1) is 21.9. The molecule has 2 aliphatic rings. The first-order valence-electron chi connectivity index (χ1n) is 11.4. The van der Waals surface area contributed by atoms with Gasteiger partial charge < -0.3 is 9.15 Å². The van der Waals surface area contributed by atoms with E-state index in [4.69, 9.17) is 9.15 Å². The number of furan rings is 1. The van der Waals surface area contributed by atoms with E-state index in [1.54, 1.807) is 13.0 Å². The fourth-order valence-corrected chi connectivity index (χ4v) is 5.13. The van der Waals surface area contributed by atoms with Crippen molar-refractivity contribution in [2.24, 2.45) is 0 Å². The Bertz CT molecular complexity index is 1010. The van der Waals surface area contributed by atoms with E-state index in [1.807, 2.05) is 0 Å². The maximum absolute atomic E-state index is 11.7. The van der Waals surface area contributed by atoms with Gasteiger partial charge in [0, 0.05) is 24.1 Å². The van der Waals surface area contributed by atoms with Crippen molar-refractivity contribution < 1.29 is 13.9 Å². The second-order valence-corrected chi connectivity index (χ2v) is 10.4. The number of nitrogens with zero attached hydrogens (tertiary/aromatic N) is 1. The third kappa shape index (κ3) is 4.23. The van der Waals surface area contributed by atoms with Gasteiger partial charge in [-0.15, -0.1) is 0 Å². The third-order valence-corrected chi connectivity index (χ3v) is 7.09. The minimum atomic E-state index is -0.343. The molecule has 4 rings (SSSR count). The van der Waals surface area contributed by atoms with Crippen LogP contribution in [0.3, 0.4) is 0 Å². The molecule has 166 valence electrons. The predicted octanol–water partition coefficient (Wildman–Crippen LogP) is 5.78. The minimum Gasteiger partial charge on any atom is -0.463 e. The Morgan fingerprint density at radius 1 is 1.16 bits per heavy atom. The molecular weight excluding hydrogens is 386 g/mol. The van der Waals surface area contributed by atoms with Gasteiger partial charge in [-0.2, -0.15) is 0 Å². The zero-order chi connectivity index (χ0) is 22.4. The topological polar surface area (TPSA) is 42.7 Å². The number of rotatable bonds is 4. The molecule has 0 spiro atoms. The van der Waals surface area contributed by atoms with E-state index in [0.29, 0.717) is 12.4 Å². The lowest BCUT2D eigenvalue weighted by atomic mass is 9.62. The Balaban J connectivity index is 1.71. The van der Waals surface area contributed by atoms with Crippen LogP contribution in [0.5, 0.6) is 0 Å². The van der Waals surface area contributed by atoms with Gasteiger partial charge in [-0.05, 0) is 66.5 Å². The summed E-state index contributed by atoms with van der Waals surface area (Å²) >= 11 is 0. The largest absolute Gasteiger partial charge is 0.463 e. The van der Waals surface area contributed by atoms with Crippen molar-refractivity contribution in [3.05, 3.63) is 64.1 Å². The Morgan fingerprint density at radius 3 is 2.58 bits per heavy atom. The monoisotopic (exact) mass is 421 g/mol. The summed E-state index contributed by atoms with van der Waals surface area (Å²) in [6, 6.07) is 9.22. The van der Waals surface area contributed by atoms with Gasteiger partial charge in [-0.25, -0.2) is 4.79 Å². The zero-order valence-corrected chi connectivity index (χ0v) is 19.7. The number of benzene rings is 1. The van der Waals surface area contributed by atoms with Gasteiger partial charge >= 0.3 is 5.97 Å². The van der Waals surface area contributed by atoms with Gasteiger partial charge in [0.2, 0.25) is 0 Å². The van der Waals surface area contributed by atoms with Crippen LogP contribution >= 0.6 is 0 Å². The Morgan fingerprint density at radius 2 is 1.87 bits per heavy atom. The van der Waals surface area contributed by atoms with Crippen LogP contribution < -0.4 is 0 Å². The van der Waals surface area contributed by atoms with Gasteiger partial charge in [0.15, 0.2) is 0 Å². The lowest BCUT2D eigenvalue weighted by Gasteiger charge is -2.42. The highest BCUT2D eigenvalue weighted by Gasteiger charge is 2.38. The summed E-state index contributed by atoms with van der Waals surface area (Å²) in [5.74, 6) is 1.61. The first-order valence-corrected chi connectivity index (χ1v) is 11.4. The fraction of sp³-hybridized carbons (Fsp3) is 0.519. The molecule has 4 nitrogen and oxygen atoms in total. The van der Waals surface area contributed by atoms with Crippen LogP contribution in [0.1, 0.15) is 87.2 Å². The standard InChI is InChI=1S/C27H35NO3/c1-7-30-25(29)11-9-19-15-20-21(16-28(6)17-24(20)31-19)18-8-10-22-23(14-18)27(4,5)13-12-26(22,2)3/h8-11,14-15,21H,7,12-13,16-17H2,1-6H3/b11-9+. The average Bonchev–Trinajstić information content (AvgIpc) is 3.12. The van der Waals surface area contributed by atoms with Gasteiger partial charge in [0.05, 0.1) is 13.2 Å². The molecule has 0 N–H and O–H groups in total. The molecule has 0 saturated heterocycles. The second-order valence-electron chi connectivity index (χ2n) is 10.4. The van der Waals surface area contributed by atoms with Gasteiger partial charge in [0.25, 0.3) is 0 Å². The second kappa shape index (κ2) is 7.98. The lowest BCUT2D eigenvalue weighted by Crippen LogP contribution is -2.34. The number of ether oxygens (including phenoxy) is 1. The maximum Gasteiger partial charge on any atom is 0.330 e. The summed E-state index contributed by atoms with van der Waals surface area (Å²) in [7, 11) is 2.14. The van der Waals surface area contributed by atoms with Crippen molar-refractivity contribution in [3.8, 4) is 0 Å². The SMILES string of the molecule is CCOC(=O)/C=C/c1cc2c(o1)CN(C)CC2c1ccc2c(c1)C(C)(C)CCC2(C)C. The van der Waals surface area contributed by atoms with E-state index in [0.717, 1.165) is 18.8 Å². The molecule has 2 aromatic rings.